The van der Waals surface area contributed by atoms with Crippen LogP contribution < -0.4 is 16.8 Å². The number of halogens is 1. The summed E-state index contributed by atoms with van der Waals surface area (Å²) in [6, 6.07) is 2.31. The van der Waals surface area contributed by atoms with Gasteiger partial charge in [-0.05, 0) is 12.1 Å². The highest BCUT2D eigenvalue weighted by Gasteiger charge is 2.11. The Morgan fingerprint density at radius 3 is 2.72 bits per heavy atom. The molecule has 0 saturated heterocycles. The van der Waals surface area contributed by atoms with Gasteiger partial charge < -0.3 is 16.8 Å². The number of hydrogen-bond acceptors (Lipinski definition) is 4. The Balaban J connectivity index is 2.79. The normalized spacial score (nSPS) is 12.1. The van der Waals surface area contributed by atoms with Crippen LogP contribution in [0, 0.1) is 5.82 Å². The van der Waals surface area contributed by atoms with Gasteiger partial charge in [-0.25, -0.2) is 4.39 Å². The molecule has 0 bridgehead atoms. The van der Waals surface area contributed by atoms with Crippen molar-refractivity contribution in [1.82, 2.24) is 0 Å². The van der Waals surface area contributed by atoms with Crippen LogP contribution in [0.3, 0.4) is 0 Å². The van der Waals surface area contributed by atoms with Crippen molar-refractivity contribution >= 4 is 28.1 Å². The van der Waals surface area contributed by atoms with Crippen LogP contribution in [0.2, 0.25) is 0 Å². The van der Waals surface area contributed by atoms with E-state index < -0.39 is 22.5 Å². The first-order valence-electron chi connectivity index (χ1n) is 5.43. The van der Waals surface area contributed by atoms with E-state index in [0.29, 0.717) is 18.1 Å². The number of carbonyl (C=O) groups excluding carboxylic acids is 1. The lowest BCUT2D eigenvalue weighted by molar-refractivity contribution is 0.100. The van der Waals surface area contributed by atoms with Crippen LogP contribution in [0.15, 0.2) is 12.1 Å². The zero-order chi connectivity index (χ0) is 13.7. The molecule has 0 fully saturated rings. The summed E-state index contributed by atoms with van der Waals surface area (Å²) in [6.07, 6.45) is 0. The first-order chi connectivity index (χ1) is 8.45. The maximum absolute atomic E-state index is 13.5. The molecule has 1 rings (SSSR count). The molecule has 0 aromatic heterocycles. The van der Waals surface area contributed by atoms with E-state index in [9.17, 15) is 13.4 Å². The van der Waals surface area contributed by atoms with Gasteiger partial charge in [0.2, 0.25) is 0 Å². The fourth-order valence-corrected chi connectivity index (χ4v) is 2.00. The maximum atomic E-state index is 13.5. The van der Waals surface area contributed by atoms with Gasteiger partial charge in [-0.15, -0.1) is 0 Å². The standard InChI is InChI=1S/C11H16FN3O2S/c1-2-18(17)4-3-15-10-5-7(11(14)16)9(13)6-8(10)12/h5-6,15H,2-4,13H2,1H3,(H2,14,16). The average molecular weight is 273 g/mol. The molecule has 0 spiro atoms. The van der Waals surface area contributed by atoms with Crippen LogP contribution in [-0.2, 0) is 10.8 Å². The molecule has 0 aliphatic heterocycles. The zero-order valence-electron chi connectivity index (χ0n) is 10.0. The molecule has 0 aliphatic carbocycles. The Bertz CT molecular complexity index is 480. The summed E-state index contributed by atoms with van der Waals surface area (Å²) in [5.41, 5.74) is 10.8. The third kappa shape index (κ3) is 3.69. The molecule has 5 N–H and O–H groups in total. The van der Waals surface area contributed by atoms with Crippen LogP contribution in [-0.4, -0.2) is 28.2 Å². The largest absolute Gasteiger partial charge is 0.398 e. The highest BCUT2D eigenvalue weighted by Crippen LogP contribution is 2.21. The van der Waals surface area contributed by atoms with Crippen molar-refractivity contribution in [2.24, 2.45) is 5.73 Å². The first-order valence-corrected chi connectivity index (χ1v) is 6.92. The van der Waals surface area contributed by atoms with Crippen molar-refractivity contribution in [2.75, 3.05) is 29.1 Å². The quantitative estimate of drug-likeness (QED) is 0.664. The number of nitrogen functional groups attached to an aromatic ring is 1. The summed E-state index contributed by atoms with van der Waals surface area (Å²) in [5, 5.41) is 2.77. The number of carbonyl (C=O) groups is 1. The van der Waals surface area contributed by atoms with E-state index in [1.807, 2.05) is 6.92 Å². The summed E-state index contributed by atoms with van der Waals surface area (Å²) in [6.45, 7) is 2.16. The predicted octanol–water partition coefficient (Wildman–Crippen LogP) is 0.687. The number of benzene rings is 1. The Morgan fingerprint density at radius 1 is 1.50 bits per heavy atom. The second-order valence-electron chi connectivity index (χ2n) is 3.64. The molecule has 0 heterocycles. The molecule has 100 valence electrons. The van der Waals surface area contributed by atoms with Crippen LogP contribution in [0.25, 0.3) is 0 Å². The molecule has 18 heavy (non-hydrogen) atoms. The molecule has 1 unspecified atom stereocenters. The van der Waals surface area contributed by atoms with Gasteiger partial charge in [0.15, 0.2) is 0 Å². The highest BCUT2D eigenvalue weighted by atomic mass is 32.2. The van der Waals surface area contributed by atoms with Crippen LogP contribution >= 0.6 is 0 Å². The van der Waals surface area contributed by atoms with Crippen molar-refractivity contribution in [2.45, 2.75) is 6.92 Å². The van der Waals surface area contributed by atoms with Gasteiger partial charge >= 0.3 is 0 Å². The minimum Gasteiger partial charge on any atom is -0.398 e. The topological polar surface area (TPSA) is 98.2 Å². The van der Waals surface area contributed by atoms with Crippen LogP contribution in [0.4, 0.5) is 15.8 Å². The lowest BCUT2D eigenvalue weighted by atomic mass is 10.1. The number of rotatable bonds is 6. The number of amides is 1. The minimum atomic E-state index is -0.927. The number of anilines is 2. The number of primary amides is 1. The molecule has 0 aliphatic rings. The molecule has 0 radical (unpaired) electrons. The van der Waals surface area contributed by atoms with Crippen molar-refractivity contribution in [3.63, 3.8) is 0 Å². The smallest absolute Gasteiger partial charge is 0.250 e. The Labute approximate surface area is 107 Å². The Kier molecular flexibility index (Phi) is 5.08. The molecule has 1 amide bonds. The van der Waals surface area contributed by atoms with E-state index in [2.05, 4.69) is 5.32 Å². The second kappa shape index (κ2) is 6.34. The lowest BCUT2D eigenvalue weighted by Crippen LogP contribution is -2.16. The van der Waals surface area contributed by atoms with Crippen LogP contribution in [0.5, 0.6) is 0 Å². The molecule has 5 nitrogen and oxygen atoms in total. The average Bonchev–Trinajstić information content (AvgIpc) is 2.31. The van der Waals surface area contributed by atoms with E-state index in [1.165, 1.54) is 6.07 Å². The molecule has 0 saturated carbocycles. The first kappa shape index (κ1) is 14.4. The van der Waals surface area contributed by atoms with Crippen molar-refractivity contribution in [1.29, 1.82) is 0 Å². The van der Waals surface area contributed by atoms with Crippen molar-refractivity contribution in [3.8, 4) is 0 Å². The number of hydrogen-bond donors (Lipinski definition) is 3. The fraction of sp³-hybridized carbons (Fsp3) is 0.364. The maximum Gasteiger partial charge on any atom is 0.250 e. The summed E-state index contributed by atoms with van der Waals surface area (Å²) < 4.78 is 24.7. The van der Waals surface area contributed by atoms with Gasteiger partial charge in [-0.1, -0.05) is 6.92 Å². The summed E-state index contributed by atoms with van der Waals surface area (Å²) in [5.74, 6) is -0.322. The molecule has 1 aromatic rings. The van der Waals surface area contributed by atoms with Gasteiger partial charge in [0.25, 0.3) is 5.91 Å². The third-order valence-electron chi connectivity index (χ3n) is 2.37. The molecule has 1 atom stereocenters. The number of nitrogens with one attached hydrogen (secondary N) is 1. The van der Waals surface area contributed by atoms with Gasteiger partial charge in [0, 0.05) is 34.5 Å². The second-order valence-corrected chi connectivity index (χ2v) is 5.51. The van der Waals surface area contributed by atoms with Crippen LogP contribution in [0.1, 0.15) is 17.3 Å². The van der Waals surface area contributed by atoms with Gasteiger partial charge in [0.05, 0.1) is 11.3 Å². The van der Waals surface area contributed by atoms with Gasteiger partial charge in [-0.2, -0.15) is 0 Å². The number of nitrogens with two attached hydrogens (primary N) is 2. The van der Waals surface area contributed by atoms with E-state index >= 15 is 0 Å². The van der Waals surface area contributed by atoms with Crippen molar-refractivity contribution < 1.29 is 13.4 Å². The van der Waals surface area contributed by atoms with Crippen molar-refractivity contribution in [3.05, 3.63) is 23.5 Å². The Morgan fingerprint density at radius 2 is 2.17 bits per heavy atom. The Hall–Kier alpha value is -1.63. The lowest BCUT2D eigenvalue weighted by Gasteiger charge is -2.10. The molecular formula is C11H16FN3O2S. The summed E-state index contributed by atoms with van der Waals surface area (Å²) >= 11 is 0. The summed E-state index contributed by atoms with van der Waals surface area (Å²) in [7, 11) is -0.927. The predicted molar refractivity (Wildman–Crippen MR) is 71.4 cm³/mol. The van der Waals surface area contributed by atoms with E-state index in [-0.39, 0.29) is 16.9 Å². The minimum absolute atomic E-state index is 0.00249. The SMILES string of the molecule is CCS(=O)CCNc1cc(C(N)=O)c(N)cc1F. The van der Waals surface area contributed by atoms with E-state index in [0.717, 1.165) is 6.07 Å². The van der Waals surface area contributed by atoms with E-state index in [1.54, 1.807) is 0 Å². The monoisotopic (exact) mass is 273 g/mol. The zero-order valence-corrected chi connectivity index (χ0v) is 10.8. The molecule has 1 aromatic carbocycles. The fourth-order valence-electron chi connectivity index (χ4n) is 1.38. The molecule has 7 heteroatoms. The third-order valence-corrected chi connectivity index (χ3v) is 3.68. The summed E-state index contributed by atoms with van der Waals surface area (Å²) in [4.78, 5) is 11.1. The molecular weight excluding hydrogens is 257 g/mol. The highest BCUT2D eigenvalue weighted by molar-refractivity contribution is 7.84. The van der Waals surface area contributed by atoms with E-state index in [4.69, 9.17) is 11.5 Å². The van der Waals surface area contributed by atoms with Gasteiger partial charge in [-0.3, -0.25) is 9.00 Å². The van der Waals surface area contributed by atoms with Gasteiger partial charge in [0.1, 0.15) is 5.82 Å².